The van der Waals surface area contributed by atoms with Gasteiger partial charge < -0.3 is 0 Å². The first kappa shape index (κ1) is 13.9. The Labute approximate surface area is 106 Å². The van der Waals surface area contributed by atoms with Crippen molar-refractivity contribution in [3.8, 4) is 0 Å². The van der Waals surface area contributed by atoms with Gasteiger partial charge in [-0.15, -0.1) is 0 Å². The molecule has 2 aliphatic carbocycles. The van der Waals surface area contributed by atoms with E-state index in [2.05, 4.69) is 0 Å². The van der Waals surface area contributed by atoms with E-state index in [9.17, 15) is 18.0 Å². The second-order valence-corrected chi connectivity index (χ2v) is 5.84. The molecule has 0 aromatic rings. The summed E-state index contributed by atoms with van der Waals surface area (Å²) in [7, 11) is 0. The summed E-state index contributed by atoms with van der Waals surface area (Å²) in [6, 6.07) is 0. The van der Waals surface area contributed by atoms with E-state index in [4.69, 9.17) is 0 Å². The molecule has 2 fully saturated rings. The van der Waals surface area contributed by atoms with E-state index in [1.54, 1.807) is 0 Å². The maximum atomic E-state index is 12.7. The molecule has 0 radical (unpaired) electrons. The van der Waals surface area contributed by atoms with Crippen LogP contribution in [0.5, 0.6) is 0 Å². The molecule has 2 unspecified atom stereocenters. The highest BCUT2D eigenvalue weighted by atomic mass is 19.4. The maximum absolute atomic E-state index is 12.7. The van der Waals surface area contributed by atoms with Gasteiger partial charge in [-0.05, 0) is 32.1 Å². The summed E-state index contributed by atoms with van der Waals surface area (Å²) in [6.45, 7) is 0. The van der Waals surface area contributed by atoms with Gasteiger partial charge in [-0.1, -0.05) is 25.7 Å². The molecule has 18 heavy (non-hydrogen) atoms. The predicted molar refractivity (Wildman–Crippen MR) is 63.1 cm³/mol. The van der Waals surface area contributed by atoms with Crippen LogP contribution >= 0.6 is 0 Å². The Kier molecular flexibility index (Phi) is 4.33. The molecule has 0 aliphatic heterocycles. The van der Waals surface area contributed by atoms with Crippen molar-refractivity contribution in [1.82, 2.24) is 0 Å². The molecule has 2 atom stereocenters. The number of halogens is 3. The third-order valence-corrected chi connectivity index (χ3v) is 4.55. The minimum absolute atomic E-state index is 0.0405. The van der Waals surface area contributed by atoms with E-state index in [1.807, 2.05) is 0 Å². The van der Waals surface area contributed by atoms with Crippen LogP contribution in [0.2, 0.25) is 0 Å². The normalized spacial score (nSPS) is 31.3. The van der Waals surface area contributed by atoms with E-state index in [0.29, 0.717) is 12.8 Å². The van der Waals surface area contributed by atoms with Crippen LogP contribution in [0.3, 0.4) is 0 Å². The highest BCUT2D eigenvalue weighted by Gasteiger charge is 2.44. The number of rotatable bonds is 2. The first-order valence-electron chi connectivity index (χ1n) is 7.09. The van der Waals surface area contributed by atoms with Crippen molar-refractivity contribution in [3.05, 3.63) is 0 Å². The lowest BCUT2D eigenvalue weighted by Gasteiger charge is -2.32. The number of Topliss-reactive ketones (excluding diaryl/α,β-unsaturated/α-hetero) is 1. The quantitative estimate of drug-likeness (QED) is 0.716. The molecule has 0 bridgehead atoms. The topological polar surface area (TPSA) is 17.1 Å². The lowest BCUT2D eigenvalue weighted by Crippen LogP contribution is -2.34. The van der Waals surface area contributed by atoms with E-state index < -0.39 is 12.1 Å². The van der Waals surface area contributed by atoms with Gasteiger partial charge in [0.1, 0.15) is 5.78 Å². The highest BCUT2D eigenvalue weighted by Crippen LogP contribution is 2.41. The van der Waals surface area contributed by atoms with Crippen molar-refractivity contribution in [1.29, 1.82) is 0 Å². The minimum atomic E-state index is -4.12. The molecule has 0 saturated heterocycles. The van der Waals surface area contributed by atoms with Gasteiger partial charge in [-0.2, -0.15) is 13.2 Å². The van der Waals surface area contributed by atoms with Crippen LogP contribution in [0.15, 0.2) is 0 Å². The standard InChI is InChI=1S/C14H21F3O/c15-14(16,17)12-8-4-7-11(9-12)13(18)10-5-2-1-3-6-10/h10-12H,1-9H2. The van der Waals surface area contributed by atoms with Crippen molar-refractivity contribution in [2.24, 2.45) is 17.8 Å². The van der Waals surface area contributed by atoms with Crippen LogP contribution < -0.4 is 0 Å². The zero-order valence-corrected chi connectivity index (χ0v) is 10.6. The Morgan fingerprint density at radius 3 is 2.06 bits per heavy atom. The Hall–Kier alpha value is -0.540. The van der Waals surface area contributed by atoms with Crippen molar-refractivity contribution < 1.29 is 18.0 Å². The Balaban J connectivity index is 1.93. The summed E-state index contributed by atoms with van der Waals surface area (Å²) in [5.74, 6) is -1.39. The zero-order valence-electron chi connectivity index (χ0n) is 10.6. The molecule has 0 heterocycles. The molecule has 2 aliphatic rings. The van der Waals surface area contributed by atoms with Crippen molar-refractivity contribution in [2.75, 3.05) is 0 Å². The number of alkyl halides is 3. The first-order valence-corrected chi connectivity index (χ1v) is 7.09. The third-order valence-electron chi connectivity index (χ3n) is 4.55. The van der Waals surface area contributed by atoms with E-state index >= 15 is 0 Å². The van der Waals surface area contributed by atoms with E-state index in [1.165, 1.54) is 6.42 Å². The van der Waals surface area contributed by atoms with Gasteiger partial charge in [-0.25, -0.2) is 0 Å². The molecule has 1 nitrogen and oxygen atoms in total. The zero-order chi connectivity index (χ0) is 13.2. The Bertz CT molecular complexity index is 292. The molecule has 2 saturated carbocycles. The van der Waals surface area contributed by atoms with Crippen LogP contribution in [0.1, 0.15) is 57.8 Å². The molecule has 0 spiro atoms. The largest absolute Gasteiger partial charge is 0.391 e. The summed E-state index contributed by atoms with van der Waals surface area (Å²) in [5.41, 5.74) is 0. The van der Waals surface area contributed by atoms with Gasteiger partial charge >= 0.3 is 6.18 Å². The molecule has 0 N–H and O–H groups in total. The second-order valence-electron chi connectivity index (χ2n) is 5.84. The average molecular weight is 262 g/mol. The van der Waals surface area contributed by atoms with E-state index in [0.717, 1.165) is 25.7 Å². The predicted octanol–water partition coefficient (Wildman–Crippen LogP) is 4.50. The van der Waals surface area contributed by atoms with Crippen LogP contribution in [-0.4, -0.2) is 12.0 Å². The van der Waals surface area contributed by atoms with Gasteiger partial charge in [0.05, 0.1) is 5.92 Å². The SMILES string of the molecule is O=C(C1CCCCC1)C1CCCC(C(F)(F)F)C1. The number of ketones is 1. The smallest absolute Gasteiger partial charge is 0.299 e. The summed E-state index contributed by atoms with van der Waals surface area (Å²) in [4.78, 5) is 12.3. The third kappa shape index (κ3) is 3.27. The summed E-state index contributed by atoms with van der Waals surface area (Å²) in [5, 5.41) is 0. The number of hydrogen-bond acceptors (Lipinski definition) is 1. The number of carbonyl (C=O) groups is 1. The molecular weight excluding hydrogens is 241 g/mol. The lowest BCUT2D eigenvalue weighted by atomic mass is 9.73. The van der Waals surface area contributed by atoms with Crippen LogP contribution in [0.4, 0.5) is 13.2 Å². The number of carbonyl (C=O) groups excluding carboxylic acids is 1. The first-order chi connectivity index (χ1) is 8.48. The van der Waals surface area contributed by atoms with Gasteiger partial charge in [0.25, 0.3) is 0 Å². The molecular formula is C14H21F3O. The molecule has 0 aromatic carbocycles. The van der Waals surface area contributed by atoms with Gasteiger partial charge in [0, 0.05) is 11.8 Å². The van der Waals surface area contributed by atoms with Crippen molar-refractivity contribution in [3.63, 3.8) is 0 Å². The Morgan fingerprint density at radius 2 is 1.44 bits per heavy atom. The minimum Gasteiger partial charge on any atom is -0.299 e. The molecule has 2 rings (SSSR count). The lowest BCUT2D eigenvalue weighted by molar-refractivity contribution is -0.186. The fraction of sp³-hybridized carbons (Fsp3) is 0.929. The highest BCUT2D eigenvalue weighted by molar-refractivity contribution is 5.83. The number of hydrogen-bond donors (Lipinski definition) is 0. The summed E-state index contributed by atoms with van der Waals surface area (Å²) in [6.07, 6.45) is 2.42. The molecule has 0 amide bonds. The van der Waals surface area contributed by atoms with E-state index in [-0.39, 0.29) is 30.5 Å². The van der Waals surface area contributed by atoms with Crippen LogP contribution in [-0.2, 0) is 4.79 Å². The molecule has 104 valence electrons. The van der Waals surface area contributed by atoms with Gasteiger partial charge in [-0.3, -0.25) is 4.79 Å². The maximum Gasteiger partial charge on any atom is 0.391 e. The monoisotopic (exact) mass is 262 g/mol. The molecule has 4 heteroatoms. The summed E-state index contributed by atoms with van der Waals surface area (Å²) >= 11 is 0. The average Bonchev–Trinajstić information content (AvgIpc) is 2.38. The van der Waals surface area contributed by atoms with Crippen LogP contribution in [0.25, 0.3) is 0 Å². The Morgan fingerprint density at radius 1 is 0.833 bits per heavy atom. The van der Waals surface area contributed by atoms with Crippen molar-refractivity contribution in [2.45, 2.75) is 64.0 Å². The van der Waals surface area contributed by atoms with Gasteiger partial charge in [0.15, 0.2) is 0 Å². The fourth-order valence-electron chi connectivity index (χ4n) is 3.47. The van der Waals surface area contributed by atoms with Crippen LogP contribution in [0, 0.1) is 17.8 Å². The molecule has 0 aromatic heterocycles. The van der Waals surface area contributed by atoms with Gasteiger partial charge in [0.2, 0.25) is 0 Å². The summed E-state index contributed by atoms with van der Waals surface area (Å²) < 4.78 is 38.1. The van der Waals surface area contributed by atoms with Crippen molar-refractivity contribution >= 4 is 5.78 Å². The fourth-order valence-corrected chi connectivity index (χ4v) is 3.47. The second kappa shape index (κ2) is 5.62.